The highest BCUT2D eigenvalue weighted by Crippen LogP contribution is 2.22. The van der Waals surface area contributed by atoms with E-state index in [1.807, 2.05) is 61.5 Å². The third-order valence-corrected chi connectivity index (χ3v) is 4.09. The van der Waals surface area contributed by atoms with E-state index >= 15 is 0 Å². The number of amides is 1. The summed E-state index contributed by atoms with van der Waals surface area (Å²) in [5.74, 6) is -0.137. The average molecular weight is 347 g/mol. The molecule has 0 radical (unpaired) electrons. The van der Waals surface area contributed by atoms with Gasteiger partial charge in [0.05, 0.1) is 12.1 Å². The number of benzene rings is 2. The number of carbonyl (C=O) groups is 1. The molecule has 0 saturated heterocycles. The van der Waals surface area contributed by atoms with E-state index in [-0.39, 0.29) is 11.9 Å². The van der Waals surface area contributed by atoms with Crippen molar-refractivity contribution in [3.05, 3.63) is 70.2 Å². The van der Waals surface area contributed by atoms with Crippen LogP contribution in [-0.2, 0) is 11.2 Å². The van der Waals surface area contributed by atoms with Crippen molar-refractivity contribution in [2.75, 3.05) is 0 Å². The molecule has 0 heterocycles. The first-order valence-corrected chi connectivity index (χ1v) is 7.71. The fourth-order valence-electron chi connectivity index (χ4n) is 2.19. The van der Waals surface area contributed by atoms with Crippen LogP contribution in [0.4, 0.5) is 0 Å². The monoisotopic (exact) mass is 346 g/mol. The summed E-state index contributed by atoms with van der Waals surface area (Å²) in [7, 11) is 0. The van der Waals surface area contributed by atoms with Crippen LogP contribution in [0.3, 0.4) is 0 Å². The number of rotatable bonds is 5. The molecule has 110 valence electrons. The molecule has 2 aromatic rings. The van der Waals surface area contributed by atoms with Gasteiger partial charge in [-0.25, -0.2) is 0 Å². The molecular formula is C17H19BrN2O. The van der Waals surface area contributed by atoms with E-state index < -0.39 is 6.04 Å². The summed E-state index contributed by atoms with van der Waals surface area (Å²) in [6, 6.07) is 17.0. The first-order chi connectivity index (χ1) is 10.1. The van der Waals surface area contributed by atoms with Gasteiger partial charge < -0.3 is 11.1 Å². The molecular weight excluding hydrogens is 328 g/mol. The van der Waals surface area contributed by atoms with Crippen molar-refractivity contribution in [3.63, 3.8) is 0 Å². The van der Waals surface area contributed by atoms with E-state index in [9.17, 15) is 4.79 Å². The van der Waals surface area contributed by atoms with Gasteiger partial charge in [0, 0.05) is 4.47 Å². The molecule has 1 amide bonds. The summed E-state index contributed by atoms with van der Waals surface area (Å²) in [5.41, 5.74) is 8.09. The van der Waals surface area contributed by atoms with Crippen LogP contribution in [0, 0.1) is 0 Å². The first-order valence-electron chi connectivity index (χ1n) is 6.92. The van der Waals surface area contributed by atoms with Crippen LogP contribution < -0.4 is 11.1 Å². The Kier molecular flexibility index (Phi) is 5.53. The SMILES string of the molecule is C[C@H](NC(=O)[C@@H](N)Cc1ccccc1)c1ccccc1Br. The molecule has 0 aliphatic carbocycles. The minimum atomic E-state index is -0.544. The van der Waals surface area contributed by atoms with E-state index in [1.165, 1.54) is 0 Å². The van der Waals surface area contributed by atoms with Crippen molar-refractivity contribution in [2.24, 2.45) is 5.73 Å². The highest BCUT2D eigenvalue weighted by Gasteiger charge is 2.18. The van der Waals surface area contributed by atoms with Crippen LogP contribution in [0.15, 0.2) is 59.1 Å². The minimum Gasteiger partial charge on any atom is -0.348 e. The maximum atomic E-state index is 12.2. The number of nitrogens with two attached hydrogens (primary N) is 1. The predicted octanol–water partition coefficient (Wildman–Crippen LogP) is 3.20. The molecule has 21 heavy (non-hydrogen) atoms. The zero-order valence-electron chi connectivity index (χ0n) is 11.9. The highest BCUT2D eigenvalue weighted by molar-refractivity contribution is 9.10. The van der Waals surface area contributed by atoms with E-state index in [1.54, 1.807) is 0 Å². The Hall–Kier alpha value is -1.65. The molecule has 0 unspecified atom stereocenters. The topological polar surface area (TPSA) is 55.1 Å². The molecule has 3 N–H and O–H groups in total. The largest absolute Gasteiger partial charge is 0.348 e. The van der Waals surface area contributed by atoms with E-state index in [0.29, 0.717) is 6.42 Å². The lowest BCUT2D eigenvalue weighted by atomic mass is 10.0. The van der Waals surface area contributed by atoms with Crippen molar-refractivity contribution in [3.8, 4) is 0 Å². The number of hydrogen-bond acceptors (Lipinski definition) is 2. The summed E-state index contributed by atoms with van der Waals surface area (Å²) in [5, 5.41) is 2.96. The smallest absolute Gasteiger partial charge is 0.237 e. The molecule has 2 rings (SSSR count). The molecule has 0 aliphatic rings. The van der Waals surface area contributed by atoms with Crippen molar-refractivity contribution < 1.29 is 4.79 Å². The second-order valence-electron chi connectivity index (χ2n) is 5.05. The molecule has 2 aromatic carbocycles. The summed E-state index contributed by atoms with van der Waals surface area (Å²) in [4.78, 5) is 12.2. The molecule has 0 fully saturated rings. The molecule has 4 heteroatoms. The van der Waals surface area contributed by atoms with E-state index in [2.05, 4.69) is 21.2 Å². The Labute approximate surface area is 133 Å². The summed E-state index contributed by atoms with van der Waals surface area (Å²) in [6.07, 6.45) is 0.537. The maximum Gasteiger partial charge on any atom is 0.237 e. The normalized spacial score (nSPS) is 13.5. The zero-order chi connectivity index (χ0) is 15.2. The fraction of sp³-hybridized carbons (Fsp3) is 0.235. The Morgan fingerprint density at radius 2 is 1.76 bits per heavy atom. The van der Waals surface area contributed by atoms with Gasteiger partial charge in [0.1, 0.15) is 0 Å². The Balaban J connectivity index is 1.96. The average Bonchev–Trinajstić information content (AvgIpc) is 2.48. The van der Waals surface area contributed by atoms with Gasteiger partial charge in [-0.3, -0.25) is 4.79 Å². The third-order valence-electron chi connectivity index (χ3n) is 3.37. The molecule has 0 spiro atoms. The van der Waals surface area contributed by atoms with Gasteiger partial charge in [-0.05, 0) is 30.5 Å². The molecule has 0 saturated carbocycles. The van der Waals surface area contributed by atoms with E-state index in [0.717, 1.165) is 15.6 Å². The van der Waals surface area contributed by atoms with Gasteiger partial charge in [0.25, 0.3) is 0 Å². The lowest BCUT2D eigenvalue weighted by Gasteiger charge is -2.19. The quantitative estimate of drug-likeness (QED) is 0.873. The number of nitrogens with one attached hydrogen (secondary N) is 1. The highest BCUT2D eigenvalue weighted by atomic mass is 79.9. The van der Waals surface area contributed by atoms with Gasteiger partial charge >= 0.3 is 0 Å². The first kappa shape index (κ1) is 15.7. The summed E-state index contributed by atoms with van der Waals surface area (Å²) >= 11 is 3.50. The van der Waals surface area contributed by atoms with Crippen LogP contribution in [0.5, 0.6) is 0 Å². The summed E-state index contributed by atoms with van der Waals surface area (Å²) < 4.78 is 0.981. The fourth-order valence-corrected chi connectivity index (χ4v) is 2.81. The Morgan fingerprint density at radius 1 is 1.14 bits per heavy atom. The second kappa shape index (κ2) is 7.38. The van der Waals surface area contributed by atoms with Gasteiger partial charge in [-0.15, -0.1) is 0 Å². The number of halogens is 1. The molecule has 0 aromatic heterocycles. The Bertz CT molecular complexity index is 601. The van der Waals surface area contributed by atoms with Crippen molar-refractivity contribution in [2.45, 2.75) is 25.4 Å². The molecule has 0 aliphatic heterocycles. The minimum absolute atomic E-state index is 0.0881. The van der Waals surface area contributed by atoms with Crippen LogP contribution in [0.2, 0.25) is 0 Å². The summed E-state index contributed by atoms with van der Waals surface area (Å²) in [6.45, 7) is 1.95. The van der Waals surface area contributed by atoms with Crippen LogP contribution in [0.25, 0.3) is 0 Å². The third kappa shape index (κ3) is 4.41. The van der Waals surface area contributed by atoms with Crippen molar-refractivity contribution >= 4 is 21.8 Å². The Morgan fingerprint density at radius 3 is 2.43 bits per heavy atom. The predicted molar refractivity (Wildman–Crippen MR) is 88.8 cm³/mol. The zero-order valence-corrected chi connectivity index (χ0v) is 13.5. The number of carbonyl (C=O) groups excluding carboxylic acids is 1. The maximum absolute atomic E-state index is 12.2. The van der Waals surface area contributed by atoms with Crippen LogP contribution >= 0.6 is 15.9 Å². The molecule has 0 bridgehead atoms. The lowest BCUT2D eigenvalue weighted by molar-refractivity contribution is -0.123. The molecule has 2 atom stereocenters. The van der Waals surface area contributed by atoms with Crippen molar-refractivity contribution in [1.29, 1.82) is 0 Å². The lowest BCUT2D eigenvalue weighted by Crippen LogP contribution is -2.43. The van der Waals surface area contributed by atoms with Gasteiger partial charge in [0.15, 0.2) is 0 Å². The van der Waals surface area contributed by atoms with Gasteiger partial charge in [0.2, 0.25) is 5.91 Å². The van der Waals surface area contributed by atoms with Crippen molar-refractivity contribution in [1.82, 2.24) is 5.32 Å². The standard InChI is InChI=1S/C17H19BrN2O/c1-12(14-9-5-6-10-15(14)18)20-17(21)16(19)11-13-7-3-2-4-8-13/h2-10,12,16H,11,19H2,1H3,(H,20,21)/t12-,16-/m0/s1. The van der Waals surface area contributed by atoms with Crippen LogP contribution in [-0.4, -0.2) is 11.9 Å². The second-order valence-corrected chi connectivity index (χ2v) is 5.90. The van der Waals surface area contributed by atoms with Gasteiger partial charge in [-0.2, -0.15) is 0 Å². The van der Waals surface area contributed by atoms with Crippen LogP contribution in [0.1, 0.15) is 24.1 Å². The number of hydrogen-bond donors (Lipinski definition) is 2. The van der Waals surface area contributed by atoms with E-state index in [4.69, 9.17) is 5.73 Å². The molecule has 3 nitrogen and oxygen atoms in total. The van der Waals surface area contributed by atoms with Gasteiger partial charge in [-0.1, -0.05) is 64.5 Å².